The molecule has 7 heteroatoms. The molecule has 4 rings (SSSR count). The van der Waals surface area contributed by atoms with Crippen LogP contribution in [0, 0.1) is 0 Å². The van der Waals surface area contributed by atoms with Gasteiger partial charge in [0.2, 0.25) is 23.5 Å². The van der Waals surface area contributed by atoms with E-state index >= 15 is 0 Å². The minimum absolute atomic E-state index is 0.0503. The van der Waals surface area contributed by atoms with Crippen LogP contribution in [0.5, 0.6) is 0 Å². The number of hydrogen-bond acceptors (Lipinski definition) is 5. The average Bonchev–Trinajstić information content (AvgIpc) is 3.29. The van der Waals surface area contributed by atoms with Crippen LogP contribution in [0.15, 0.2) is 59.1 Å². The zero-order chi connectivity index (χ0) is 21.6. The van der Waals surface area contributed by atoms with E-state index in [0.29, 0.717) is 24.7 Å². The van der Waals surface area contributed by atoms with Crippen LogP contribution in [-0.4, -0.2) is 39.9 Å². The molecule has 1 aliphatic heterocycles. The van der Waals surface area contributed by atoms with Crippen molar-refractivity contribution in [3.05, 3.63) is 66.1 Å². The lowest BCUT2D eigenvalue weighted by Crippen LogP contribution is -2.39. The third-order valence-electron chi connectivity index (χ3n) is 5.50. The molecular formula is C24H26N4O3. The number of hydrogen-bond donors (Lipinski definition) is 1. The lowest BCUT2D eigenvalue weighted by Gasteiger charge is -2.31. The van der Waals surface area contributed by atoms with E-state index in [0.717, 1.165) is 37.1 Å². The number of nitrogens with zero attached hydrogens (tertiary/aromatic N) is 3. The number of rotatable bonds is 6. The Kier molecular flexibility index (Phi) is 6.40. The highest BCUT2D eigenvalue weighted by molar-refractivity contribution is 5.88. The molecular weight excluding hydrogens is 392 g/mol. The zero-order valence-electron chi connectivity index (χ0n) is 17.6. The van der Waals surface area contributed by atoms with E-state index < -0.39 is 0 Å². The molecule has 0 spiro atoms. The molecule has 2 heterocycles. The summed E-state index contributed by atoms with van der Waals surface area (Å²) in [7, 11) is 0. The van der Waals surface area contributed by atoms with Gasteiger partial charge in [-0.2, -0.15) is 4.98 Å². The van der Waals surface area contributed by atoms with Crippen molar-refractivity contribution in [3.63, 3.8) is 0 Å². The van der Waals surface area contributed by atoms with E-state index in [4.69, 9.17) is 4.52 Å². The fourth-order valence-electron chi connectivity index (χ4n) is 3.88. The number of benzene rings is 2. The van der Waals surface area contributed by atoms with Crippen molar-refractivity contribution < 1.29 is 14.1 Å². The maximum atomic E-state index is 12.7. The molecule has 1 aromatic heterocycles. The van der Waals surface area contributed by atoms with Crippen molar-refractivity contribution in [1.82, 2.24) is 15.0 Å². The SMILES string of the molecule is CC(=O)Nc1ccc(-c2noc(C3CCCN(C(=O)CCc4ccccc4)C3)n2)cc1. The first kappa shape index (κ1) is 20.8. The maximum Gasteiger partial charge on any atom is 0.231 e. The normalized spacial score (nSPS) is 16.2. The standard InChI is InChI=1S/C24H26N4O3/c1-17(29)25-21-12-10-19(11-13-21)23-26-24(31-27-23)20-8-5-15-28(16-20)22(30)14-9-18-6-3-2-4-7-18/h2-4,6-7,10-13,20H,5,8-9,14-16H2,1H3,(H,25,29). The van der Waals surface area contributed by atoms with Crippen molar-refractivity contribution in [2.24, 2.45) is 0 Å². The third-order valence-corrected chi connectivity index (χ3v) is 5.50. The fourth-order valence-corrected chi connectivity index (χ4v) is 3.88. The molecule has 1 saturated heterocycles. The van der Waals surface area contributed by atoms with E-state index in [-0.39, 0.29) is 17.7 Å². The summed E-state index contributed by atoms with van der Waals surface area (Å²) in [6.07, 6.45) is 3.10. The number of carbonyl (C=O) groups is 2. The summed E-state index contributed by atoms with van der Waals surface area (Å²) < 4.78 is 5.54. The van der Waals surface area contributed by atoms with Crippen molar-refractivity contribution >= 4 is 17.5 Å². The molecule has 2 amide bonds. The third kappa shape index (κ3) is 5.36. The molecule has 1 atom stereocenters. The molecule has 1 fully saturated rings. The summed E-state index contributed by atoms with van der Waals surface area (Å²) in [4.78, 5) is 30.4. The first-order valence-corrected chi connectivity index (χ1v) is 10.6. The number of likely N-dealkylation sites (tertiary alicyclic amines) is 1. The minimum atomic E-state index is -0.116. The topological polar surface area (TPSA) is 88.3 Å². The van der Waals surface area contributed by atoms with Crippen LogP contribution in [0.4, 0.5) is 5.69 Å². The molecule has 160 valence electrons. The van der Waals surface area contributed by atoms with Gasteiger partial charge in [-0.05, 0) is 49.1 Å². The van der Waals surface area contributed by atoms with E-state index in [1.54, 1.807) is 12.1 Å². The van der Waals surface area contributed by atoms with Gasteiger partial charge in [0.25, 0.3) is 0 Å². The summed E-state index contributed by atoms with van der Waals surface area (Å²) in [5.74, 6) is 1.18. The van der Waals surface area contributed by atoms with Crippen molar-refractivity contribution in [1.29, 1.82) is 0 Å². The lowest BCUT2D eigenvalue weighted by molar-refractivity contribution is -0.132. The van der Waals surface area contributed by atoms with Gasteiger partial charge < -0.3 is 14.7 Å². The Morgan fingerprint density at radius 2 is 1.90 bits per heavy atom. The Bertz CT molecular complexity index is 1030. The number of anilines is 1. The Morgan fingerprint density at radius 3 is 2.65 bits per heavy atom. The molecule has 3 aromatic rings. The van der Waals surface area contributed by atoms with Gasteiger partial charge in [-0.3, -0.25) is 9.59 Å². The van der Waals surface area contributed by atoms with E-state index in [2.05, 4.69) is 27.6 Å². The summed E-state index contributed by atoms with van der Waals surface area (Å²) in [5.41, 5.74) is 2.71. The van der Waals surface area contributed by atoms with E-state index in [1.807, 2.05) is 35.2 Å². The Labute approximate surface area is 181 Å². The molecule has 0 saturated carbocycles. The highest BCUT2D eigenvalue weighted by Gasteiger charge is 2.28. The van der Waals surface area contributed by atoms with Gasteiger partial charge in [-0.15, -0.1) is 0 Å². The number of carbonyl (C=O) groups excluding carboxylic acids is 2. The predicted octanol–water partition coefficient (Wildman–Crippen LogP) is 4.03. The Morgan fingerprint density at radius 1 is 1.13 bits per heavy atom. The average molecular weight is 418 g/mol. The van der Waals surface area contributed by atoms with Gasteiger partial charge in [0.05, 0.1) is 5.92 Å². The van der Waals surface area contributed by atoms with Gasteiger partial charge in [-0.1, -0.05) is 35.5 Å². The molecule has 1 aliphatic rings. The van der Waals surface area contributed by atoms with Crippen molar-refractivity contribution in [2.45, 2.75) is 38.5 Å². The quantitative estimate of drug-likeness (QED) is 0.653. The van der Waals surface area contributed by atoms with Gasteiger partial charge in [0.15, 0.2) is 0 Å². The molecule has 1 unspecified atom stereocenters. The van der Waals surface area contributed by atoms with Crippen molar-refractivity contribution in [3.8, 4) is 11.4 Å². The molecule has 0 radical (unpaired) electrons. The van der Waals surface area contributed by atoms with Gasteiger partial charge in [0.1, 0.15) is 0 Å². The lowest BCUT2D eigenvalue weighted by atomic mass is 9.97. The van der Waals surface area contributed by atoms with Crippen LogP contribution in [0.2, 0.25) is 0 Å². The molecule has 0 aliphatic carbocycles. The largest absolute Gasteiger partial charge is 0.342 e. The number of piperidine rings is 1. The first-order valence-electron chi connectivity index (χ1n) is 10.6. The van der Waals surface area contributed by atoms with Crippen LogP contribution < -0.4 is 5.32 Å². The summed E-state index contributed by atoms with van der Waals surface area (Å²) in [6.45, 7) is 2.85. The summed E-state index contributed by atoms with van der Waals surface area (Å²) in [6, 6.07) is 17.4. The second-order valence-electron chi connectivity index (χ2n) is 7.88. The van der Waals surface area contributed by atoms with Gasteiger partial charge in [0, 0.05) is 37.7 Å². The predicted molar refractivity (Wildman–Crippen MR) is 117 cm³/mol. The maximum absolute atomic E-state index is 12.7. The fraction of sp³-hybridized carbons (Fsp3) is 0.333. The second kappa shape index (κ2) is 9.55. The van der Waals surface area contributed by atoms with Gasteiger partial charge in [-0.25, -0.2) is 0 Å². The van der Waals surface area contributed by atoms with Crippen LogP contribution in [0.1, 0.15) is 43.6 Å². The second-order valence-corrected chi connectivity index (χ2v) is 7.88. The van der Waals surface area contributed by atoms with Crippen LogP contribution in [-0.2, 0) is 16.0 Å². The van der Waals surface area contributed by atoms with Crippen molar-refractivity contribution in [2.75, 3.05) is 18.4 Å². The Hall–Kier alpha value is -3.48. The highest BCUT2D eigenvalue weighted by atomic mass is 16.5. The van der Waals surface area contributed by atoms with E-state index in [1.165, 1.54) is 12.5 Å². The summed E-state index contributed by atoms with van der Waals surface area (Å²) in [5, 5.41) is 6.86. The number of aromatic nitrogens is 2. The molecule has 31 heavy (non-hydrogen) atoms. The molecule has 2 aromatic carbocycles. The highest BCUT2D eigenvalue weighted by Crippen LogP contribution is 2.28. The number of nitrogens with one attached hydrogen (secondary N) is 1. The molecule has 0 bridgehead atoms. The molecule has 7 nitrogen and oxygen atoms in total. The summed E-state index contributed by atoms with van der Waals surface area (Å²) >= 11 is 0. The zero-order valence-corrected chi connectivity index (χ0v) is 17.6. The minimum Gasteiger partial charge on any atom is -0.342 e. The monoisotopic (exact) mass is 418 g/mol. The number of aryl methyl sites for hydroxylation is 1. The first-order chi connectivity index (χ1) is 15.1. The van der Waals surface area contributed by atoms with Gasteiger partial charge >= 0.3 is 0 Å². The van der Waals surface area contributed by atoms with Crippen LogP contribution in [0.25, 0.3) is 11.4 Å². The smallest absolute Gasteiger partial charge is 0.231 e. The van der Waals surface area contributed by atoms with E-state index in [9.17, 15) is 9.59 Å². The van der Waals surface area contributed by atoms with Crippen LogP contribution in [0.3, 0.4) is 0 Å². The molecule has 1 N–H and O–H groups in total. The number of amides is 2. The van der Waals surface area contributed by atoms with Crippen LogP contribution >= 0.6 is 0 Å². The Balaban J connectivity index is 1.37.